The van der Waals surface area contributed by atoms with Crippen molar-refractivity contribution in [2.45, 2.75) is 12.5 Å². The Kier molecular flexibility index (Phi) is 4.31. The number of aromatic nitrogens is 1. The maximum atomic E-state index is 6.14. The molecule has 1 aromatic carbocycles. The number of benzene rings is 1. The fourth-order valence-electron chi connectivity index (χ4n) is 2.53. The molecular formula is C15H17ClN2O3. The fraction of sp³-hybridized carbons (Fsp3) is 0.400. The van der Waals surface area contributed by atoms with Gasteiger partial charge in [0.15, 0.2) is 17.6 Å². The van der Waals surface area contributed by atoms with Crippen LogP contribution in [0.3, 0.4) is 0 Å². The predicted octanol–water partition coefficient (Wildman–Crippen LogP) is 3.07. The first-order chi connectivity index (χ1) is 10.3. The highest BCUT2D eigenvalue weighted by Crippen LogP contribution is 2.37. The van der Waals surface area contributed by atoms with Gasteiger partial charge in [0.05, 0.1) is 13.3 Å². The van der Waals surface area contributed by atoms with Crippen molar-refractivity contribution in [3.05, 3.63) is 41.6 Å². The molecule has 6 heteroatoms. The Bertz CT molecular complexity index is 583. The first-order valence-corrected chi connectivity index (χ1v) is 7.26. The minimum Gasteiger partial charge on any atom is -0.493 e. The normalized spacial score (nSPS) is 19.4. The Morgan fingerprint density at radius 2 is 2.33 bits per heavy atom. The number of halogens is 1. The standard InChI is InChI=1S/C15H17ClN2O3/c1-19-13-8-11(16)2-3-12(13)21-14(10-4-5-17-9-10)15-18-6-7-20-15/h2-3,6-8,10,14,17H,4-5,9H2,1H3/t10-,14+/m0/s1. The molecule has 1 fully saturated rings. The first kappa shape index (κ1) is 14.2. The molecule has 1 aliphatic heterocycles. The van der Waals surface area contributed by atoms with Crippen LogP contribution >= 0.6 is 11.6 Å². The highest BCUT2D eigenvalue weighted by molar-refractivity contribution is 6.30. The van der Waals surface area contributed by atoms with Crippen LogP contribution in [0.5, 0.6) is 11.5 Å². The Labute approximate surface area is 128 Å². The second-order valence-corrected chi connectivity index (χ2v) is 5.39. The van der Waals surface area contributed by atoms with Crippen LogP contribution in [-0.4, -0.2) is 25.2 Å². The van der Waals surface area contributed by atoms with E-state index in [0.717, 1.165) is 19.5 Å². The van der Waals surface area contributed by atoms with Gasteiger partial charge in [-0.15, -0.1) is 0 Å². The van der Waals surface area contributed by atoms with Crippen molar-refractivity contribution < 1.29 is 13.9 Å². The third-order valence-electron chi connectivity index (χ3n) is 3.60. The van der Waals surface area contributed by atoms with Crippen LogP contribution in [0.15, 0.2) is 35.1 Å². The number of methoxy groups -OCH3 is 1. The number of rotatable bonds is 5. The molecule has 0 radical (unpaired) electrons. The van der Waals surface area contributed by atoms with E-state index in [9.17, 15) is 0 Å². The van der Waals surface area contributed by atoms with Crippen LogP contribution < -0.4 is 14.8 Å². The van der Waals surface area contributed by atoms with E-state index in [2.05, 4.69) is 10.3 Å². The van der Waals surface area contributed by atoms with Crippen molar-refractivity contribution in [2.75, 3.05) is 20.2 Å². The summed E-state index contributed by atoms with van der Waals surface area (Å²) in [6.45, 7) is 1.85. The molecule has 5 nitrogen and oxygen atoms in total. The topological polar surface area (TPSA) is 56.5 Å². The molecule has 1 aromatic heterocycles. The zero-order valence-corrected chi connectivity index (χ0v) is 12.5. The molecule has 2 aromatic rings. The molecule has 0 unspecified atom stereocenters. The Hall–Kier alpha value is -1.72. The first-order valence-electron chi connectivity index (χ1n) is 6.88. The Balaban J connectivity index is 1.87. The van der Waals surface area contributed by atoms with Crippen LogP contribution in [0, 0.1) is 5.92 Å². The largest absolute Gasteiger partial charge is 0.493 e. The zero-order chi connectivity index (χ0) is 14.7. The second kappa shape index (κ2) is 6.37. The van der Waals surface area contributed by atoms with Gasteiger partial charge in [-0.3, -0.25) is 0 Å². The third-order valence-corrected chi connectivity index (χ3v) is 3.84. The summed E-state index contributed by atoms with van der Waals surface area (Å²) in [6.07, 6.45) is 3.97. The molecule has 1 saturated heterocycles. The summed E-state index contributed by atoms with van der Waals surface area (Å²) in [4.78, 5) is 4.24. The molecular weight excluding hydrogens is 292 g/mol. The summed E-state index contributed by atoms with van der Waals surface area (Å²) >= 11 is 5.98. The lowest BCUT2D eigenvalue weighted by molar-refractivity contribution is 0.110. The highest BCUT2D eigenvalue weighted by Gasteiger charge is 2.32. The van der Waals surface area contributed by atoms with E-state index in [0.29, 0.717) is 28.3 Å². The van der Waals surface area contributed by atoms with Crippen LogP contribution in [0.4, 0.5) is 0 Å². The minimum absolute atomic E-state index is 0.245. The summed E-state index contributed by atoms with van der Waals surface area (Å²) in [6, 6.07) is 5.31. The lowest BCUT2D eigenvalue weighted by Gasteiger charge is -2.22. The van der Waals surface area contributed by atoms with Crippen molar-refractivity contribution in [2.24, 2.45) is 5.92 Å². The molecule has 0 spiro atoms. The lowest BCUT2D eigenvalue weighted by atomic mass is 10.0. The van der Waals surface area contributed by atoms with E-state index < -0.39 is 0 Å². The maximum Gasteiger partial charge on any atom is 0.235 e. The fourth-order valence-corrected chi connectivity index (χ4v) is 2.70. The quantitative estimate of drug-likeness (QED) is 0.920. The van der Waals surface area contributed by atoms with E-state index in [-0.39, 0.29) is 6.10 Å². The number of oxazole rings is 1. The van der Waals surface area contributed by atoms with E-state index >= 15 is 0 Å². The molecule has 2 heterocycles. The summed E-state index contributed by atoms with van der Waals surface area (Å²) < 4.78 is 16.9. The summed E-state index contributed by atoms with van der Waals surface area (Å²) in [5, 5.41) is 3.94. The maximum absolute atomic E-state index is 6.14. The van der Waals surface area contributed by atoms with Gasteiger partial charge in [-0.25, -0.2) is 4.98 Å². The van der Waals surface area contributed by atoms with Gasteiger partial charge in [-0.1, -0.05) is 11.6 Å². The van der Waals surface area contributed by atoms with Gasteiger partial charge in [-0.05, 0) is 25.1 Å². The van der Waals surface area contributed by atoms with Crippen molar-refractivity contribution in [1.82, 2.24) is 10.3 Å². The van der Waals surface area contributed by atoms with Crippen molar-refractivity contribution in [3.63, 3.8) is 0 Å². The summed E-state index contributed by atoms with van der Waals surface area (Å²) in [5.74, 6) is 2.13. The SMILES string of the molecule is COc1cc(Cl)ccc1O[C@@H](c1ncco1)[C@H]1CCNC1. The van der Waals surface area contributed by atoms with Crippen molar-refractivity contribution in [1.29, 1.82) is 0 Å². The molecule has 0 saturated carbocycles. The van der Waals surface area contributed by atoms with Crippen molar-refractivity contribution in [3.8, 4) is 11.5 Å². The molecule has 1 aliphatic rings. The monoisotopic (exact) mass is 308 g/mol. The molecule has 21 heavy (non-hydrogen) atoms. The number of hydrogen-bond donors (Lipinski definition) is 1. The van der Waals surface area contributed by atoms with Gasteiger partial charge >= 0.3 is 0 Å². The Morgan fingerprint density at radius 1 is 1.43 bits per heavy atom. The molecule has 1 N–H and O–H groups in total. The van der Waals surface area contributed by atoms with Crippen LogP contribution in [0.25, 0.3) is 0 Å². The number of hydrogen-bond acceptors (Lipinski definition) is 5. The number of nitrogens with one attached hydrogen (secondary N) is 1. The van der Waals surface area contributed by atoms with Crippen LogP contribution in [0.1, 0.15) is 18.4 Å². The lowest BCUT2D eigenvalue weighted by Crippen LogP contribution is -2.21. The predicted molar refractivity (Wildman–Crippen MR) is 78.9 cm³/mol. The summed E-state index contributed by atoms with van der Waals surface area (Å²) in [7, 11) is 1.59. The van der Waals surface area contributed by atoms with Gasteiger partial charge in [-0.2, -0.15) is 0 Å². The third kappa shape index (κ3) is 3.14. The number of nitrogens with zero attached hydrogens (tertiary/aromatic N) is 1. The molecule has 0 amide bonds. The molecule has 0 bridgehead atoms. The molecule has 0 aliphatic carbocycles. The van der Waals surface area contributed by atoms with Gasteiger partial charge in [0.2, 0.25) is 5.89 Å². The Morgan fingerprint density at radius 3 is 3.00 bits per heavy atom. The van der Waals surface area contributed by atoms with Crippen LogP contribution in [-0.2, 0) is 0 Å². The average molecular weight is 309 g/mol. The van der Waals surface area contributed by atoms with Crippen LogP contribution in [0.2, 0.25) is 5.02 Å². The molecule has 2 atom stereocenters. The van der Waals surface area contributed by atoms with E-state index in [4.69, 9.17) is 25.5 Å². The van der Waals surface area contributed by atoms with Gasteiger partial charge in [0.1, 0.15) is 6.26 Å². The van der Waals surface area contributed by atoms with E-state index in [1.165, 1.54) is 0 Å². The van der Waals surface area contributed by atoms with Crippen molar-refractivity contribution >= 4 is 11.6 Å². The summed E-state index contributed by atoms with van der Waals surface area (Å²) in [5.41, 5.74) is 0. The zero-order valence-electron chi connectivity index (χ0n) is 11.7. The van der Waals surface area contributed by atoms with E-state index in [1.54, 1.807) is 37.8 Å². The minimum atomic E-state index is -0.245. The second-order valence-electron chi connectivity index (χ2n) is 4.96. The highest BCUT2D eigenvalue weighted by atomic mass is 35.5. The smallest absolute Gasteiger partial charge is 0.235 e. The number of ether oxygens (including phenoxy) is 2. The molecule has 3 rings (SSSR count). The average Bonchev–Trinajstić information content (AvgIpc) is 3.19. The van der Waals surface area contributed by atoms with E-state index in [1.807, 2.05) is 0 Å². The van der Waals surface area contributed by atoms with Gasteiger partial charge in [0, 0.05) is 23.6 Å². The molecule has 112 valence electrons. The van der Waals surface area contributed by atoms with Gasteiger partial charge in [0.25, 0.3) is 0 Å². The van der Waals surface area contributed by atoms with Gasteiger partial charge < -0.3 is 19.2 Å².